The zero-order valence-electron chi connectivity index (χ0n) is 21.3. The number of thiophene rings is 1. The first-order chi connectivity index (χ1) is 19.9. The standard InChI is InChI=1S/C31H21BrClN3O4S/c32-22-12-15-24-26(17-22)41-29(28(24)33)31(39)35-23-13-10-20(11-14-23)30(38)36-34-18-21-8-4-5-9-25(21)40-27(37)16-19-6-2-1-3-7-19/h1-15,17-18H,16H2,(H,35,39)(H,36,38)/b34-18-. The number of benzene rings is 4. The van der Waals surface area contributed by atoms with Gasteiger partial charge in [-0.3, -0.25) is 14.4 Å². The molecule has 0 atom stereocenters. The summed E-state index contributed by atoms with van der Waals surface area (Å²) in [7, 11) is 0. The zero-order chi connectivity index (χ0) is 28.8. The molecule has 0 spiro atoms. The molecule has 7 nitrogen and oxygen atoms in total. The maximum atomic E-state index is 12.8. The summed E-state index contributed by atoms with van der Waals surface area (Å²) >= 11 is 11.2. The van der Waals surface area contributed by atoms with E-state index in [-0.39, 0.29) is 12.3 Å². The Kier molecular flexibility index (Phi) is 8.88. The summed E-state index contributed by atoms with van der Waals surface area (Å²) in [4.78, 5) is 38.2. The number of amides is 2. The predicted octanol–water partition coefficient (Wildman–Crippen LogP) is 7.48. The third-order valence-electron chi connectivity index (χ3n) is 5.91. The summed E-state index contributed by atoms with van der Waals surface area (Å²) in [6.45, 7) is 0. The van der Waals surface area contributed by atoms with Crippen molar-refractivity contribution in [2.24, 2.45) is 5.10 Å². The van der Waals surface area contributed by atoms with E-state index in [0.29, 0.717) is 32.5 Å². The van der Waals surface area contributed by atoms with Crippen molar-refractivity contribution in [2.45, 2.75) is 6.42 Å². The van der Waals surface area contributed by atoms with Gasteiger partial charge >= 0.3 is 5.97 Å². The molecule has 0 fully saturated rings. The van der Waals surface area contributed by atoms with Gasteiger partial charge in [0.2, 0.25) is 0 Å². The van der Waals surface area contributed by atoms with Gasteiger partial charge in [-0.1, -0.05) is 76.1 Å². The van der Waals surface area contributed by atoms with Crippen molar-refractivity contribution < 1.29 is 19.1 Å². The van der Waals surface area contributed by atoms with Crippen LogP contribution < -0.4 is 15.5 Å². The third kappa shape index (κ3) is 7.07. The Morgan fingerprint density at radius 1 is 0.902 bits per heavy atom. The van der Waals surface area contributed by atoms with Crippen LogP contribution in [0.4, 0.5) is 5.69 Å². The molecular formula is C31H21BrClN3O4S. The van der Waals surface area contributed by atoms with Crippen LogP contribution in [0.3, 0.4) is 0 Å². The third-order valence-corrected chi connectivity index (χ3v) is 8.06. The Morgan fingerprint density at radius 3 is 2.41 bits per heavy atom. The van der Waals surface area contributed by atoms with E-state index in [4.69, 9.17) is 16.3 Å². The Morgan fingerprint density at radius 2 is 1.63 bits per heavy atom. The minimum Gasteiger partial charge on any atom is -0.426 e. The Bertz CT molecular complexity index is 1770. The van der Waals surface area contributed by atoms with Gasteiger partial charge in [0.05, 0.1) is 17.7 Å². The highest BCUT2D eigenvalue weighted by Gasteiger charge is 2.18. The van der Waals surface area contributed by atoms with Gasteiger partial charge in [0.15, 0.2) is 0 Å². The number of carbonyl (C=O) groups excluding carboxylic acids is 3. The van der Waals surface area contributed by atoms with Crippen molar-refractivity contribution in [3.8, 4) is 5.75 Å². The number of esters is 1. The van der Waals surface area contributed by atoms with Gasteiger partial charge in [-0.15, -0.1) is 11.3 Å². The van der Waals surface area contributed by atoms with E-state index in [9.17, 15) is 14.4 Å². The number of hydrogen-bond acceptors (Lipinski definition) is 6. The van der Waals surface area contributed by atoms with Crippen molar-refractivity contribution in [3.05, 3.63) is 128 Å². The molecule has 0 aliphatic heterocycles. The predicted molar refractivity (Wildman–Crippen MR) is 166 cm³/mol. The summed E-state index contributed by atoms with van der Waals surface area (Å²) in [5, 5.41) is 8.04. The number of carbonyl (C=O) groups is 3. The summed E-state index contributed by atoms with van der Waals surface area (Å²) < 4.78 is 7.31. The van der Waals surface area contributed by atoms with Crippen LogP contribution in [-0.2, 0) is 11.2 Å². The first kappa shape index (κ1) is 28.2. The highest BCUT2D eigenvalue weighted by molar-refractivity contribution is 9.10. The fourth-order valence-electron chi connectivity index (χ4n) is 3.90. The van der Waals surface area contributed by atoms with E-state index < -0.39 is 11.9 Å². The molecule has 1 aromatic heterocycles. The number of fused-ring (bicyclic) bond motifs is 1. The number of ether oxygens (including phenoxy) is 1. The first-order valence-corrected chi connectivity index (χ1v) is 14.3. The van der Waals surface area contributed by atoms with Crippen LogP contribution in [0.2, 0.25) is 5.02 Å². The largest absolute Gasteiger partial charge is 0.426 e. The van der Waals surface area contributed by atoms with Crippen LogP contribution in [0, 0.1) is 0 Å². The quantitative estimate of drug-likeness (QED) is 0.0791. The van der Waals surface area contributed by atoms with E-state index in [2.05, 4.69) is 31.8 Å². The molecule has 0 unspecified atom stereocenters. The lowest BCUT2D eigenvalue weighted by atomic mass is 10.1. The summed E-state index contributed by atoms with van der Waals surface area (Å²) in [6.07, 6.45) is 1.54. The molecule has 0 aliphatic carbocycles. The van der Waals surface area contributed by atoms with Crippen LogP contribution >= 0.6 is 38.9 Å². The topological polar surface area (TPSA) is 96.9 Å². The van der Waals surface area contributed by atoms with Crippen molar-refractivity contribution in [3.63, 3.8) is 0 Å². The molecule has 4 aromatic carbocycles. The lowest BCUT2D eigenvalue weighted by Crippen LogP contribution is -2.18. The van der Waals surface area contributed by atoms with E-state index in [1.54, 1.807) is 48.5 Å². The maximum absolute atomic E-state index is 12.8. The monoisotopic (exact) mass is 645 g/mol. The van der Waals surface area contributed by atoms with Gasteiger partial charge in [0, 0.05) is 31.4 Å². The second kappa shape index (κ2) is 12.9. The molecule has 0 aliphatic rings. The van der Waals surface area contributed by atoms with Crippen LogP contribution in [0.1, 0.15) is 31.2 Å². The molecule has 10 heteroatoms. The lowest BCUT2D eigenvalue weighted by Gasteiger charge is -2.07. The lowest BCUT2D eigenvalue weighted by molar-refractivity contribution is -0.133. The molecular weight excluding hydrogens is 626 g/mol. The minimum absolute atomic E-state index is 0.134. The van der Waals surface area contributed by atoms with E-state index >= 15 is 0 Å². The Balaban J connectivity index is 1.18. The number of para-hydroxylation sites is 1. The molecule has 0 radical (unpaired) electrons. The van der Waals surface area contributed by atoms with Gasteiger partial charge in [0.25, 0.3) is 11.8 Å². The molecule has 5 aromatic rings. The van der Waals surface area contributed by atoms with Gasteiger partial charge in [-0.2, -0.15) is 5.10 Å². The Labute approximate surface area is 252 Å². The average Bonchev–Trinajstić information content (AvgIpc) is 3.30. The van der Waals surface area contributed by atoms with Crippen molar-refractivity contribution in [1.82, 2.24) is 5.43 Å². The van der Waals surface area contributed by atoms with Gasteiger partial charge in [-0.25, -0.2) is 5.43 Å². The number of nitrogens with zero attached hydrogens (tertiary/aromatic N) is 1. The Hall–Kier alpha value is -4.31. The number of nitrogens with one attached hydrogen (secondary N) is 2. The van der Waals surface area contributed by atoms with Crippen LogP contribution in [-0.4, -0.2) is 24.0 Å². The van der Waals surface area contributed by atoms with E-state index in [1.165, 1.54) is 17.6 Å². The molecule has 1 heterocycles. The van der Waals surface area contributed by atoms with Crippen LogP contribution in [0.5, 0.6) is 5.75 Å². The molecule has 0 saturated heterocycles. The van der Waals surface area contributed by atoms with Crippen molar-refractivity contribution >= 4 is 78.6 Å². The van der Waals surface area contributed by atoms with Crippen molar-refractivity contribution in [1.29, 1.82) is 0 Å². The molecule has 2 amide bonds. The van der Waals surface area contributed by atoms with E-state index in [0.717, 1.165) is 20.1 Å². The van der Waals surface area contributed by atoms with Gasteiger partial charge in [0.1, 0.15) is 10.6 Å². The minimum atomic E-state index is -0.448. The number of anilines is 1. The summed E-state index contributed by atoms with van der Waals surface area (Å²) in [6, 6.07) is 28.2. The SMILES string of the molecule is O=C(Cc1ccccc1)Oc1ccccc1/C=N\NC(=O)c1ccc(NC(=O)c2sc3cc(Br)ccc3c2Cl)cc1. The van der Waals surface area contributed by atoms with Crippen molar-refractivity contribution in [2.75, 3.05) is 5.32 Å². The second-order valence-electron chi connectivity index (χ2n) is 8.79. The zero-order valence-corrected chi connectivity index (χ0v) is 24.4. The molecule has 2 N–H and O–H groups in total. The van der Waals surface area contributed by atoms with Crippen LogP contribution in [0.25, 0.3) is 10.1 Å². The number of halogens is 2. The first-order valence-electron chi connectivity index (χ1n) is 12.3. The van der Waals surface area contributed by atoms with E-state index in [1.807, 2.05) is 48.5 Å². The van der Waals surface area contributed by atoms with Crippen LogP contribution in [0.15, 0.2) is 107 Å². The number of hydrogen-bond donors (Lipinski definition) is 2. The second-order valence-corrected chi connectivity index (χ2v) is 11.1. The molecule has 41 heavy (non-hydrogen) atoms. The highest BCUT2D eigenvalue weighted by Crippen LogP contribution is 2.37. The molecule has 204 valence electrons. The fraction of sp³-hybridized carbons (Fsp3) is 0.0323. The molecule has 5 rings (SSSR count). The number of hydrazone groups is 1. The normalized spacial score (nSPS) is 11.0. The summed E-state index contributed by atoms with van der Waals surface area (Å²) in [5.41, 5.74) is 4.69. The summed E-state index contributed by atoms with van der Waals surface area (Å²) in [5.74, 6) is -0.859. The smallest absolute Gasteiger partial charge is 0.315 e. The average molecular weight is 647 g/mol. The fourth-order valence-corrected chi connectivity index (χ4v) is 5.87. The number of rotatable bonds is 8. The van der Waals surface area contributed by atoms with Gasteiger partial charge < -0.3 is 10.1 Å². The maximum Gasteiger partial charge on any atom is 0.315 e. The molecule has 0 saturated carbocycles. The van der Waals surface area contributed by atoms with Gasteiger partial charge in [-0.05, 0) is 54.1 Å². The highest BCUT2D eigenvalue weighted by atomic mass is 79.9. The molecule has 0 bridgehead atoms.